The molecule has 0 aromatic rings. The van der Waals surface area contributed by atoms with Crippen molar-refractivity contribution in [3.63, 3.8) is 0 Å². The second-order valence-electron chi connectivity index (χ2n) is 5.46. The smallest absolute Gasteiger partial charge is 0.333 e. The summed E-state index contributed by atoms with van der Waals surface area (Å²) >= 11 is 0. The van der Waals surface area contributed by atoms with Gasteiger partial charge in [-0.25, -0.2) is 9.59 Å². The van der Waals surface area contributed by atoms with E-state index >= 15 is 0 Å². The maximum absolute atomic E-state index is 11.9. The molecule has 0 N–H and O–H groups in total. The van der Waals surface area contributed by atoms with Crippen LogP contribution in [0.25, 0.3) is 0 Å². The van der Waals surface area contributed by atoms with Crippen LogP contribution in [0.5, 0.6) is 0 Å². The van der Waals surface area contributed by atoms with Gasteiger partial charge in [-0.3, -0.25) is 4.79 Å². The molecule has 0 radical (unpaired) electrons. The van der Waals surface area contributed by atoms with Gasteiger partial charge < -0.3 is 14.4 Å². The van der Waals surface area contributed by atoms with Crippen LogP contribution >= 0.6 is 0 Å². The van der Waals surface area contributed by atoms with E-state index in [1.54, 1.807) is 25.8 Å². The Labute approximate surface area is 138 Å². The van der Waals surface area contributed by atoms with Crippen molar-refractivity contribution in [3.8, 4) is 0 Å². The molecular weight excluding hydrogens is 298 g/mol. The second-order valence-corrected chi connectivity index (χ2v) is 5.46. The largest absolute Gasteiger partial charge is 0.462 e. The summed E-state index contributed by atoms with van der Waals surface area (Å²) in [6.45, 7) is 11.3. The van der Waals surface area contributed by atoms with Crippen LogP contribution in [-0.2, 0) is 23.9 Å². The normalized spacial score (nSPS) is 9.87. The SMILES string of the molecule is C=C(C)C(=O)OCCCCN(C)C(=O)CCCOC(=O)C(=C)C. The van der Waals surface area contributed by atoms with Crippen LogP contribution in [0.1, 0.15) is 39.5 Å². The third-order valence-corrected chi connectivity index (χ3v) is 3.01. The molecule has 0 bridgehead atoms. The van der Waals surface area contributed by atoms with Crippen LogP contribution in [0.3, 0.4) is 0 Å². The number of esters is 2. The first kappa shape index (κ1) is 20.9. The van der Waals surface area contributed by atoms with Crippen LogP contribution in [0.4, 0.5) is 0 Å². The number of ether oxygens (including phenoxy) is 2. The third kappa shape index (κ3) is 10.3. The maximum Gasteiger partial charge on any atom is 0.333 e. The molecule has 23 heavy (non-hydrogen) atoms. The summed E-state index contributed by atoms with van der Waals surface area (Å²) < 4.78 is 9.89. The Hall–Kier alpha value is -2.11. The monoisotopic (exact) mass is 325 g/mol. The van der Waals surface area contributed by atoms with Crippen molar-refractivity contribution >= 4 is 17.8 Å². The predicted octanol–water partition coefficient (Wildman–Crippen LogP) is 2.24. The van der Waals surface area contributed by atoms with E-state index in [1.807, 2.05) is 0 Å². The van der Waals surface area contributed by atoms with Gasteiger partial charge in [-0.2, -0.15) is 0 Å². The molecule has 0 saturated carbocycles. The van der Waals surface area contributed by atoms with Gasteiger partial charge in [-0.05, 0) is 33.1 Å². The van der Waals surface area contributed by atoms with Gasteiger partial charge in [-0.15, -0.1) is 0 Å². The fourth-order valence-corrected chi connectivity index (χ4v) is 1.57. The summed E-state index contributed by atoms with van der Waals surface area (Å²) in [6.07, 6.45) is 2.24. The molecule has 0 aromatic carbocycles. The zero-order valence-electron chi connectivity index (χ0n) is 14.4. The number of amides is 1. The maximum atomic E-state index is 11.9. The minimum absolute atomic E-state index is 0.00435. The molecule has 0 atom stereocenters. The van der Waals surface area contributed by atoms with Crippen molar-refractivity contribution in [1.29, 1.82) is 0 Å². The molecule has 0 spiro atoms. The molecule has 0 aliphatic rings. The molecule has 6 heteroatoms. The molecule has 0 aliphatic heterocycles. The number of rotatable bonds is 11. The summed E-state index contributed by atoms with van der Waals surface area (Å²) in [4.78, 5) is 35.8. The topological polar surface area (TPSA) is 72.9 Å². The summed E-state index contributed by atoms with van der Waals surface area (Å²) in [5, 5.41) is 0. The number of carbonyl (C=O) groups excluding carboxylic acids is 3. The minimum Gasteiger partial charge on any atom is -0.462 e. The fourth-order valence-electron chi connectivity index (χ4n) is 1.57. The highest BCUT2D eigenvalue weighted by Crippen LogP contribution is 2.02. The lowest BCUT2D eigenvalue weighted by molar-refractivity contribution is -0.140. The van der Waals surface area contributed by atoms with E-state index in [1.165, 1.54) is 0 Å². The van der Waals surface area contributed by atoms with Crippen LogP contribution in [0.2, 0.25) is 0 Å². The highest BCUT2D eigenvalue weighted by molar-refractivity contribution is 5.87. The van der Waals surface area contributed by atoms with Gasteiger partial charge in [-0.1, -0.05) is 13.2 Å². The predicted molar refractivity (Wildman–Crippen MR) is 87.7 cm³/mol. The number of unbranched alkanes of at least 4 members (excludes halogenated alkanes) is 1. The minimum atomic E-state index is -0.435. The van der Waals surface area contributed by atoms with Gasteiger partial charge in [0.25, 0.3) is 0 Å². The number of carbonyl (C=O) groups is 3. The molecule has 0 saturated heterocycles. The average molecular weight is 325 g/mol. The van der Waals surface area contributed by atoms with E-state index in [9.17, 15) is 14.4 Å². The van der Waals surface area contributed by atoms with Crippen molar-refractivity contribution in [2.45, 2.75) is 39.5 Å². The van der Waals surface area contributed by atoms with Gasteiger partial charge in [0.05, 0.1) is 13.2 Å². The molecule has 6 nitrogen and oxygen atoms in total. The Morgan fingerprint density at radius 1 is 0.870 bits per heavy atom. The standard InChI is InChI=1S/C17H27NO5/c1-13(2)16(20)22-11-7-6-10-18(5)15(19)9-8-12-23-17(21)14(3)4/h1,3,6-12H2,2,4-5H3. The van der Waals surface area contributed by atoms with Crippen LogP contribution in [-0.4, -0.2) is 49.6 Å². The van der Waals surface area contributed by atoms with E-state index in [0.29, 0.717) is 43.6 Å². The number of hydrogen-bond acceptors (Lipinski definition) is 5. The van der Waals surface area contributed by atoms with E-state index in [0.717, 1.165) is 6.42 Å². The molecule has 0 unspecified atom stereocenters. The zero-order valence-corrected chi connectivity index (χ0v) is 14.4. The van der Waals surface area contributed by atoms with Crippen LogP contribution < -0.4 is 0 Å². The summed E-state index contributed by atoms with van der Waals surface area (Å²) in [7, 11) is 1.72. The van der Waals surface area contributed by atoms with Gasteiger partial charge in [0.1, 0.15) is 0 Å². The Kier molecular flexibility index (Phi) is 10.4. The van der Waals surface area contributed by atoms with Crippen LogP contribution in [0.15, 0.2) is 24.3 Å². The lowest BCUT2D eigenvalue weighted by Gasteiger charge is -2.17. The first-order valence-corrected chi connectivity index (χ1v) is 7.65. The molecule has 0 heterocycles. The van der Waals surface area contributed by atoms with E-state index in [-0.39, 0.29) is 12.5 Å². The van der Waals surface area contributed by atoms with Crippen molar-refractivity contribution in [2.75, 3.05) is 26.8 Å². The average Bonchev–Trinajstić information content (AvgIpc) is 2.49. The van der Waals surface area contributed by atoms with Crippen molar-refractivity contribution in [3.05, 3.63) is 24.3 Å². The van der Waals surface area contributed by atoms with Gasteiger partial charge in [0, 0.05) is 31.2 Å². The Morgan fingerprint density at radius 3 is 1.83 bits per heavy atom. The zero-order chi connectivity index (χ0) is 17.8. The quantitative estimate of drug-likeness (QED) is 0.331. The highest BCUT2D eigenvalue weighted by atomic mass is 16.5. The molecule has 0 fully saturated rings. The van der Waals surface area contributed by atoms with Gasteiger partial charge >= 0.3 is 11.9 Å². The van der Waals surface area contributed by atoms with Gasteiger partial charge in [0.2, 0.25) is 5.91 Å². The fraction of sp³-hybridized carbons (Fsp3) is 0.588. The Bertz CT molecular complexity index is 456. The molecule has 0 aliphatic carbocycles. The first-order valence-electron chi connectivity index (χ1n) is 7.65. The highest BCUT2D eigenvalue weighted by Gasteiger charge is 2.09. The van der Waals surface area contributed by atoms with Crippen molar-refractivity contribution < 1.29 is 23.9 Å². The van der Waals surface area contributed by atoms with Crippen molar-refractivity contribution in [2.24, 2.45) is 0 Å². The lowest BCUT2D eigenvalue weighted by Crippen LogP contribution is -2.28. The van der Waals surface area contributed by atoms with Crippen molar-refractivity contribution in [1.82, 2.24) is 4.90 Å². The Balaban J connectivity index is 3.70. The lowest BCUT2D eigenvalue weighted by atomic mass is 10.2. The summed E-state index contributed by atoms with van der Waals surface area (Å²) in [5.41, 5.74) is 0.727. The van der Waals surface area contributed by atoms with E-state index in [2.05, 4.69) is 13.2 Å². The van der Waals surface area contributed by atoms with Gasteiger partial charge in [0.15, 0.2) is 0 Å². The molecule has 0 rings (SSSR count). The number of nitrogens with zero attached hydrogens (tertiary/aromatic N) is 1. The number of hydrogen-bond donors (Lipinski definition) is 0. The third-order valence-electron chi connectivity index (χ3n) is 3.01. The summed E-state index contributed by atoms with van der Waals surface area (Å²) in [6, 6.07) is 0. The first-order chi connectivity index (χ1) is 10.8. The second kappa shape index (κ2) is 11.5. The molecule has 1 amide bonds. The van der Waals surface area contributed by atoms with E-state index < -0.39 is 11.9 Å². The molecular formula is C17H27NO5. The van der Waals surface area contributed by atoms with E-state index in [4.69, 9.17) is 9.47 Å². The summed E-state index contributed by atoms with van der Waals surface area (Å²) in [5.74, 6) is -0.829. The molecule has 0 aromatic heterocycles. The Morgan fingerprint density at radius 2 is 1.35 bits per heavy atom. The van der Waals surface area contributed by atoms with Crippen LogP contribution in [0, 0.1) is 0 Å². The molecule has 130 valence electrons.